The van der Waals surface area contributed by atoms with Crippen LogP contribution in [0, 0.1) is 0 Å². The Hall–Kier alpha value is -2.07. The summed E-state index contributed by atoms with van der Waals surface area (Å²) in [5, 5.41) is 3.01. The first kappa shape index (κ1) is 20.8. The number of carbonyl (C=O) groups excluding carboxylic acids is 1. The van der Waals surface area contributed by atoms with Crippen LogP contribution >= 0.6 is 0 Å². The van der Waals surface area contributed by atoms with Gasteiger partial charge >= 0.3 is 6.09 Å². The fraction of sp³-hybridized carbons (Fsp3) is 0.682. The van der Waals surface area contributed by atoms with Gasteiger partial charge in [-0.25, -0.2) is 4.79 Å². The summed E-state index contributed by atoms with van der Waals surface area (Å²) in [7, 11) is 1.36. The van der Waals surface area contributed by atoms with Crippen molar-refractivity contribution in [3.8, 4) is 11.5 Å². The normalized spacial score (nSPS) is 31.5. The first-order chi connectivity index (χ1) is 15.2. The predicted molar refractivity (Wildman–Crippen MR) is 107 cm³/mol. The minimum absolute atomic E-state index is 0.144. The first-order valence-corrected chi connectivity index (χ1v) is 10.9. The molecule has 0 bridgehead atoms. The summed E-state index contributed by atoms with van der Waals surface area (Å²) < 4.78 is 40.4. The average molecular weight is 435 g/mol. The Kier molecular flexibility index (Phi) is 5.92. The lowest BCUT2D eigenvalue weighted by atomic mass is 9.75. The summed E-state index contributed by atoms with van der Waals surface area (Å²) in [6.07, 6.45) is 2.80. The molecule has 1 aromatic carbocycles. The molecule has 1 aromatic rings. The lowest BCUT2D eigenvalue weighted by Gasteiger charge is -2.46. The molecule has 4 aliphatic rings. The summed E-state index contributed by atoms with van der Waals surface area (Å²) in [6.45, 7) is 1.95. The molecular formula is C22H29NO8. The van der Waals surface area contributed by atoms with E-state index in [2.05, 4.69) is 5.32 Å². The van der Waals surface area contributed by atoms with Crippen molar-refractivity contribution in [1.82, 2.24) is 5.32 Å². The molecule has 4 atom stereocenters. The lowest BCUT2D eigenvalue weighted by Crippen LogP contribution is -2.58. The Morgan fingerprint density at radius 3 is 2.71 bits per heavy atom. The Morgan fingerprint density at radius 1 is 1.10 bits per heavy atom. The zero-order valence-corrected chi connectivity index (χ0v) is 17.7. The van der Waals surface area contributed by atoms with Gasteiger partial charge in [0.2, 0.25) is 6.79 Å². The molecular weight excluding hydrogens is 406 g/mol. The van der Waals surface area contributed by atoms with Crippen molar-refractivity contribution in [2.75, 3.05) is 33.7 Å². The maximum Gasteiger partial charge on any atom is 0.407 e. The van der Waals surface area contributed by atoms with E-state index in [0.29, 0.717) is 44.2 Å². The number of nitrogens with one attached hydrogen (secondary N) is 1. The molecule has 0 aromatic heterocycles. The van der Waals surface area contributed by atoms with Gasteiger partial charge in [-0.15, -0.1) is 0 Å². The van der Waals surface area contributed by atoms with Gasteiger partial charge in [0.15, 0.2) is 23.6 Å². The van der Waals surface area contributed by atoms with Gasteiger partial charge in [-0.05, 0) is 37.0 Å². The molecule has 31 heavy (non-hydrogen) atoms. The molecule has 1 N–H and O–H groups in total. The predicted octanol–water partition coefficient (Wildman–Crippen LogP) is 2.67. The Balaban J connectivity index is 1.47. The topological polar surface area (TPSA) is 93.7 Å². The standard InChI is InChI=1S/C22H29NO8/c1-25-21(24)23-20-15(14-5-6-16-17(10-14)28-13-27-16)11-22(29-8-9-30-22)12-18(20)31-19-4-2-3-7-26-19/h5-6,10,15,18-20H,2-4,7-9,11-13H2,1H3,(H,23,24). The van der Waals surface area contributed by atoms with Crippen molar-refractivity contribution in [3.63, 3.8) is 0 Å². The summed E-state index contributed by atoms with van der Waals surface area (Å²) in [6, 6.07) is 5.50. The van der Waals surface area contributed by atoms with E-state index in [-0.39, 0.29) is 31.1 Å². The largest absolute Gasteiger partial charge is 0.454 e. The van der Waals surface area contributed by atoms with Crippen LogP contribution in [0.15, 0.2) is 18.2 Å². The average Bonchev–Trinajstić information content (AvgIpc) is 3.45. The van der Waals surface area contributed by atoms with Gasteiger partial charge in [-0.3, -0.25) is 0 Å². The first-order valence-electron chi connectivity index (χ1n) is 10.9. The quantitative estimate of drug-likeness (QED) is 0.772. The number of hydrogen-bond acceptors (Lipinski definition) is 8. The Bertz CT molecular complexity index is 790. The van der Waals surface area contributed by atoms with E-state index in [0.717, 1.165) is 24.8 Å². The smallest absolute Gasteiger partial charge is 0.407 e. The third-order valence-electron chi connectivity index (χ3n) is 6.45. The van der Waals surface area contributed by atoms with Crippen molar-refractivity contribution in [1.29, 1.82) is 0 Å². The third-order valence-corrected chi connectivity index (χ3v) is 6.45. The summed E-state index contributed by atoms with van der Waals surface area (Å²) in [4.78, 5) is 12.3. The Morgan fingerprint density at radius 2 is 1.94 bits per heavy atom. The van der Waals surface area contributed by atoms with E-state index in [1.165, 1.54) is 7.11 Å². The van der Waals surface area contributed by atoms with Crippen molar-refractivity contribution in [2.24, 2.45) is 0 Å². The van der Waals surface area contributed by atoms with Crippen molar-refractivity contribution < 1.29 is 38.0 Å². The van der Waals surface area contributed by atoms with Gasteiger partial charge in [0.05, 0.1) is 32.5 Å². The number of rotatable bonds is 4. The highest BCUT2D eigenvalue weighted by Gasteiger charge is 2.52. The van der Waals surface area contributed by atoms with Crippen LogP contribution < -0.4 is 14.8 Å². The fourth-order valence-corrected chi connectivity index (χ4v) is 4.97. The zero-order chi connectivity index (χ0) is 21.3. The van der Waals surface area contributed by atoms with Crippen LogP contribution in [0.25, 0.3) is 0 Å². The molecule has 4 unspecified atom stereocenters. The van der Waals surface area contributed by atoms with Gasteiger partial charge < -0.3 is 38.5 Å². The fourth-order valence-electron chi connectivity index (χ4n) is 4.97. The molecule has 170 valence electrons. The molecule has 1 amide bonds. The van der Waals surface area contributed by atoms with E-state index in [4.69, 9.17) is 33.2 Å². The van der Waals surface area contributed by atoms with E-state index >= 15 is 0 Å². The minimum atomic E-state index is -0.755. The minimum Gasteiger partial charge on any atom is -0.454 e. The van der Waals surface area contributed by atoms with Gasteiger partial charge in [-0.1, -0.05) is 6.07 Å². The van der Waals surface area contributed by atoms with Crippen molar-refractivity contribution >= 4 is 6.09 Å². The number of ether oxygens (including phenoxy) is 7. The monoisotopic (exact) mass is 435 g/mol. The molecule has 1 aliphatic carbocycles. The molecule has 2 saturated heterocycles. The molecule has 3 fully saturated rings. The molecule has 5 rings (SSSR count). The van der Waals surface area contributed by atoms with Crippen molar-refractivity contribution in [3.05, 3.63) is 23.8 Å². The van der Waals surface area contributed by atoms with Crippen LogP contribution in [0.5, 0.6) is 11.5 Å². The second kappa shape index (κ2) is 8.82. The second-order valence-corrected chi connectivity index (χ2v) is 8.37. The van der Waals surface area contributed by atoms with Gasteiger partial charge in [0, 0.05) is 25.4 Å². The van der Waals surface area contributed by atoms with E-state index in [1.807, 2.05) is 18.2 Å². The van der Waals surface area contributed by atoms with E-state index in [9.17, 15) is 4.79 Å². The summed E-state index contributed by atoms with van der Waals surface area (Å²) in [5.41, 5.74) is 0.988. The molecule has 1 spiro atoms. The van der Waals surface area contributed by atoms with E-state index < -0.39 is 11.9 Å². The highest BCUT2D eigenvalue weighted by Crippen LogP contribution is 2.47. The number of alkyl carbamates (subject to hydrolysis) is 1. The molecule has 1 saturated carbocycles. The van der Waals surface area contributed by atoms with Gasteiger partial charge in [0.1, 0.15) is 0 Å². The van der Waals surface area contributed by atoms with Gasteiger partial charge in [-0.2, -0.15) is 0 Å². The van der Waals surface area contributed by atoms with Crippen LogP contribution in [0.4, 0.5) is 4.79 Å². The van der Waals surface area contributed by atoms with Crippen LogP contribution in [0.1, 0.15) is 43.6 Å². The number of fused-ring (bicyclic) bond motifs is 1. The van der Waals surface area contributed by atoms with Crippen LogP contribution in [0.2, 0.25) is 0 Å². The number of benzene rings is 1. The Labute approximate surface area is 181 Å². The third kappa shape index (κ3) is 4.32. The maximum atomic E-state index is 12.3. The SMILES string of the molecule is COC(=O)NC1C(OC2CCCCO2)CC2(CC1c1ccc3c(c1)OCO3)OCCO2. The second-order valence-electron chi connectivity index (χ2n) is 8.37. The molecule has 0 radical (unpaired) electrons. The van der Waals surface area contributed by atoms with Crippen LogP contribution in [-0.4, -0.2) is 64.0 Å². The van der Waals surface area contributed by atoms with Gasteiger partial charge in [0.25, 0.3) is 0 Å². The molecule has 3 heterocycles. The van der Waals surface area contributed by atoms with Crippen LogP contribution in [-0.2, 0) is 23.7 Å². The highest BCUT2D eigenvalue weighted by molar-refractivity contribution is 5.67. The molecule has 9 nitrogen and oxygen atoms in total. The summed E-state index contributed by atoms with van der Waals surface area (Å²) >= 11 is 0. The lowest BCUT2D eigenvalue weighted by molar-refractivity contribution is -0.250. The number of carbonyl (C=O) groups is 1. The highest BCUT2D eigenvalue weighted by atomic mass is 16.7. The zero-order valence-electron chi connectivity index (χ0n) is 17.7. The summed E-state index contributed by atoms with van der Waals surface area (Å²) in [5.74, 6) is 0.502. The van der Waals surface area contributed by atoms with E-state index in [1.54, 1.807) is 0 Å². The number of methoxy groups -OCH3 is 1. The van der Waals surface area contributed by atoms with Crippen LogP contribution in [0.3, 0.4) is 0 Å². The molecule has 3 aliphatic heterocycles. The number of amides is 1. The van der Waals surface area contributed by atoms with Crippen molar-refractivity contribution in [2.45, 2.75) is 62.2 Å². The molecule has 9 heteroatoms. The maximum absolute atomic E-state index is 12.3. The number of hydrogen-bond donors (Lipinski definition) is 1.